The van der Waals surface area contributed by atoms with Crippen LogP contribution in [0.25, 0.3) is 0 Å². The van der Waals surface area contributed by atoms with E-state index in [0.717, 1.165) is 6.08 Å². The van der Waals surface area contributed by atoms with E-state index in [0.29, 0.717) is 6.08 Å². The van der Waals surface area contributed by atoms with Gasteiger partial charge >= 0.3 is 5.70 Å². The summed E-state index contributed by atoms with van der Waals surface area (Å²) in [6.07, 6.45) is 1.35. The molecule has 0 aliphatic heterocycles. The van der Waals surface area contributed by atoms with Crippen LogP contribution in [0.15, 0.2) is 22.9 Å². The molecule has 0 heterocycles. The Morgan fingerprint density at radius 3 is 2.13 bits per heavy atom. The molecule has 6 nitrogen and oxygen atoms in total. The van der Waals surface area contributed by atoms with Crippen LogP contribution in [0.4, 0.5) is 0 Å². The number of methoxy groups -OCH3 is 1. The van der Waals surface area contributed by atoms with Crippen LogP contribution >= 0.6 is 11.6 Å². The molecular weight excluding hydrogens is 226 g/mol. The fourth-order valence-electron chi connectivity index (χ4n) is 0.667. The van der Waals surface area contributed by atoms with Crippen molar-refractivity contribution in [3.8, 4) is 0 Å². The highest BCUT2D eigenvalue weighted by atomic mass is 35.5. The highest BCUT2D eigenvalue weighted by Gasteiger charge is 2.27. The number of ketones is 2. The second-order valence-corrected chi connectivity index (χ2v) is 2.82. The van der Waals surface area contributed by atoms with E-state index < -0.39 is 22.2 Å². The molecule has 0 fully saturated rings. The largest absolute Gasteiger partial charge is 0.388 e. The quantitative estimate of drug-likeness (QED) is 0.378. The van der Waals surface area contributed by atoms with Gasteiger partial charge < -0.3 is 4.74 Å². The highest BCUT2D eigenvalue weighted by Crippen LogP contribution is 2.14. The van der Waals surface area contributed by atoms with Crippen LogP contribution in [-0.4, -0.2) is 30.7 Å². The predicted molar refractivity (Wildman–Crippen MR) is 52.0 cm³/mol. The first kappa shape index (κ1) is 13.5. The van der Waals surface area contributed by atoms with Gasteiger partial charge in [-0.3, -0.25) is 19.7 Å². The summed E-state index contributed by atoms with van der Waals surface area (Å²) in [7, 11) is 3.25. The van der Waals surface area contributed by atoms with Crippen molar-refractivity contribution in [2.24, 2.45) is 0 Å². The maximum atomic E-state index is 10.8. The summed E-state index contributed by atoms with van der Waals surface area (Å²) in [6.45, 7) is 0. The average molecular weight is 234 g/mol. The van der Waals surface area contributed by atoms with Crippen molar-refractivity contribution in [3.05, 3.63) is 33.0 Å². The van der Waals surface area contributed by atoms with Crippen LogP contribution in [0.3, 0.4) is 0 Å². The number of hydrogen-bond acceptors (Lipinski definition) is 5. The van der Waals surface area contributed by atoms with Crippen molar-refractivity contribution in [1.29, 1.82) is 0 Å². The molecule has 0 bridgehead atoms. The molecule has 0 radical (unpaired) electrons. The van der Waals surface area contributed by atoms with Crippen molar-refractivity contribution in [3.63, 3.8) is 0 Å². The number of nitro groups is 1. The number of carbonyl (C=O) groups excluding carboxylic acids is 2. The lowest BCUT2D eigenvalue weighted by Crippen LogP contribution is -2.16. The molecule has 0 N–H and O–H groups in total. The molecule has 82 valence electrons. The predicted octanol–water partition coefficient (Wildman–Crippen LogP) is 0.684. The van der Waals surface area contributed by atoms with Gasteiger partial charge in [-0.05, 0) is 0 Å². The maximum Gasteiger partial charge on any atom is 0.320 e. The normalized spacial score (nSPS) is 14.9. The molecule has 0 saturated carbocycles. The van der Waals surface area contributed by atoms with Gasteiger partial charge in [-0.25, -0.2) is 0 Å². The number of allylic oxidation sites excluding steroid dienone is 3. The lowest BCUT2D eigenvalue weighted by atomic mass is 10.1. The van der Waals surface area contributed by atoms with Gasteiger partial charge in [0.2, 0.25) is 5.78 Å². The first-order valence-electron chi connectivity index (χ1n) is 3.66. The van der Waals surface area contributed by atoms with Crippen LogP contribution in [-0.2, 0) is 14.3 Å². The first-order chi connectivity index (χ1) is 6.93. The molecule has 0 aromatic rings. The van der Waals surface area contributed by atoms with Crippen LogP contribution in [0.1, 0.15) is 0 Å². The summed E-state index contributed by atoms with van der Waals surface area (Å²) in [4.78, 5) is 30.7. The molecule has 0 unspecified atom stereocenters. The molecule has 0 amide bonds. The molecule has 0 aromatic heterocycles. The van der Waals surface area contributed by atoms with Gasteiger partial charge in [-0.2, -0.15) is 0 Å². The van der Waals surface area contributed by atoms with E-state index in [-0.39, 0.29) is 5.03 Å². The van der Waals surface area contributed by atoms with Crippen molar-refractivity contribution < 1.29 is 19.2 Å². The van der Waals surface area contributed by atoms with Crippen LogP contribution in [0.2, 0.25) is 0 Å². The zero-order chi connectivity index (χ0) is 12.0. The minimum Gasteiger partial charge on any atom is -0.388 e. The van der Waals surface area contributed by atoms with E-state index in [4.69, 9.17) is 11.6 Å². The third kappa shape index (κ3) is 4.01. The Kier molecular flexibility index (Phi) is 5.43. The van der Waals surface area contributed by atoms with E-state index >= 15 is 0 Å². The minimum atomic E-state index is -0.917. The highest BCUT2D eigenvalue weighted by molar-refractivity contribution is 6.47. The number of ether oxygens (including phenoxy) is 1. The molecule has 0 atom stereocenters. The topological polar surface area (TPSA) is 86.5 Å². The Labute approximate surface area is 90.3 Å². The summed E-state index contributed by atoms with van der Waals surface area (Å²) < 4.78 is 4.25. The summed E-state index contributed by atoms with van der Waals surface area (Å²) in [5, 5.41) is 9.81. The maximum absolute atomic E-state index is 10.8. The third-order valence-corrected chi connectivity index (χ3v) is 1.51. The molecule has 0 aromatic carbocycles. The molecule has 1 aliphatic carbocycles. The molecule has 1 aliphatic rings. The zero-order valence-corrected chi connectivity index (χ0v) is 8.78. The fraction of sp³-hybridized carbons (Fsp3) is 0.250. The van der Waals surface area contributed by atoms with Crippen LogP contribution in [0.5, 0.6) is 0 Å². The molecule has 7 heteroatoms. The Morgan fingerprint density at radius 2 is 1.73 bits per heavy atom. The number of carbonyl (C=O) groups is 2. The fourth-order valence-corrected chi connectivity index (χ4v) is 0.821. The van der Waals surface area contributed by atoms with Gasteiger partial charge in [0.25, 0.3) is 5.78 Å². The van der Waals surface area contributed by atoms with Crippen molar-refractivity contribution >= 4 is 23.2 Å². The lowest BCUT2D eigenvalue weighted by molar-refractivity contribution is -0.418. The summed E-state index contributed by atoms with van der Waals surface area (Å²) >= 11 is 5.26. The molecular formula is C8H8ClNO5. The second-order valence-electron chi connectivity index (χ2n) is 2.42. The van der Waals surface area contributed by atoms with Crippen LogP contribution < -0.4 is 0 Å². The van der Waals surface area contributed by atoms with Gasteiger partial charge in [-0.15, -0.1) is 0 Å². The Morgan fingerprint density at radius 1 is 1.27 bits per heavy atom. The van der Waals surface area contributed by atoms with E-state index in [1.54, 1.807) is 14.2 Å². The summed E-state index contributed by atoms with van der Waals surface area (Å²) in [5.74, 6) is -1.58. The summed E-state index contributed by atoms with van der Waals surface area (Å²) in [6, 6.07) is 0. The van der Waals surface area contributed by atoms with Gasteiger partial charge in [0.15, 0.2) is 0 Å². The van der Waals surface area contributed by atoms with Gasteiger partial charge in [-0.1, -0.05) is 11.6 Å². The molecule has 0 spiro atoms. The van der Waals surface area contributed by atoms with Crippen molar-refractivity contribution in [2.45, 2.75) is 0 Å². The molecule has 0 saturated heterocycles. The standard InChI is InChI=1S/C6H2ClNO4.C2H6O/c7-3-1-6(10)4(8(11)12)2-5(3)9;1-3-2/h1-2H;1-2H3. The Hall–Kier alpha value is -1.53. The monoisotopic (exact) mass is 233 g/mol. The number of halogens is 1. The van der Waals surface area contributed by atoms with E-state index in [1.165, 1.54) is 0 Å². The Bertz CT molecular complexity index is 358. The summed E-state index contributed by atoms with van der Waals surface area (Å²) in [5.41, 5.74) is -0.746. The van der Waals surface area contributed by atoms with E-state index in [9.17, 15) is 19.7 Å². The second kappa shape index (κ2) is 6.05. The minimum absolute atomic E-state index is 0.300. The van der Waals surface area contributed by atoms with Gasteiger partial charge in [0.05, 0.1) is 16.0 Å². The molecule has 15 heavy (non-hydrogen) atoms. The Balaban J connectivity index is 0.000000583. The molecule has 1 rings (SSSR count). The first-order valence-corrected chi connectivity index (χ1v) is 4.04. The van der Waals surface area contributed by atoms with Crippen molar-refractivity contribution in [2.75, 3.05) is 14.2 Å². The third-order valence-electron chi connectivity index (χ3n) is 1.21. The van der Waals surface area contributed by atoms with E-state index in [2.05, 4.69) is 4.74 Å². The van der Waals surface area contributed by atoms with E-state index in [1.807, 2.05) is 0 Å². The zero-order valence-electron chi connectivity index (χ0n) is 8.02. The number of rotatable bonds is 1. The SMILES string of the molecule is COC.O=C1C=C([N+](=O)[O-])C(=O)C=C1Cl. The van der Waals surface area contributed by atoms with Gasteiger partial charge in [0.1, 0.15) is 0 Å². The van der Waals surface area contributed by atoms with Crippen molar-refractivity contribution in [1.82, 2.24) is 0 Å². The smallest absolute Gasteiger partial charge is 0.320 e. The number of hydrogen-bond donors (Lipinski definition) is 0. The average Bonchev–Trinajstić information content (AvgIpc) is 2.12. The van der Waals surface area contributed by atoms with Gasteiger partial charge in [0, 0.05) is 20.3 Å². The number of nitrogens with zero attached hydrogens (tertiary/aromatic N) is 1. The lowest BCUT2D eigenvalue weighted by Gasteiger charge is -1.99. The van der Waals surface area contributed by atoms with Crippen LogP contribution in [0, 0.1) is 10.1 Å².